The number of aliphatic carboxylic acids is 1. The molecular formula is C15H12BrNO3. The van der Waals surface area contributed by atoms with Gasteiger partial charge in [0.1, 0.15) is 11.5 Å². The number of hydrogen-bond acceptors (Lipinski definition) is 3. The van der Waals surface area contributed by atoms with E-state index in [1.807, 2.05) is 19.1 Å². The molecule has 0 aliphatic rings. The van der Waals surface area contributed by atoms with E-state index in [1.165, 1.54) is 6.08 Å². The van der Waals surface area contributed by atoms with Crippen molar-refractivity contribution in [2.45, 2.75) is 6.92 Å². The summed E-state index contributed by atoms with van der Waals surface area (Å²) < 4.78 is 6.65. The highest BCUT2D eigenvalue weighted by molar-refractivity contribution is 9.10. The van der Waals surface area contributed by atoms with Gasteiger partial charge in [0.05, 0.1) is 5.69 Å². The number of aryl methyl sites for hydroxylation is 1. The maximum absolute atomic E-state index is 10.6. The summed E-state index contributed by atoms with van der Waals surface area (Å²) in [4.78, 5) is 14.8. The Balaban J connectivity index is 2.36. The molecule has 1 N–H and O–H groups in total. The van der Waals surface area contributed by atoms with Crippen LogP contribution in [-0.2, 0) is 4.79 Å². The normalized spacial score (nSPS) is 10.7. The van der Waals surface area contributed by atoms with Crippen LogP contribution in [0, 0.1) is 6.92 Å². The summed E-state index contributed by atoms with van der Waals surface area (Å²) in [5.74, 6) is 0.204. The van der Waals surface area contributed by atoms with Crippen LogP contribution in [0.2, 0.25) is 0 Å². The molecule has 1 aromatic carbocycles. The van der Waals surface area contributed by atoms with Crippen molar-refractivity contribution in [1.82, 2.24) is 4.98 Å². The van der Waals surface area contributed by atoms with Crippen LogP contribution in [0.3, 0.4) is 0 Å². The van der Waals surface area contributed by atoms with Gasteiger partial charge in [-0.25, -0.2) is 4.79 Å². The predicted octanol–water partition coefficient (Wildman–Crippen LogP) is 4.04. The molecule has 0 radical (unpaired) electrons. The summed E-state index contributed by atoms with van der Waals surface area (Å²) in [5, 5.41) is 8.72. The van der Waals surface area contributed by atoms with Crippen LogP contribution >= 0.6 is 15.9 Å². The first-order chi connectivity index (χ1) is 9.56. The van der Waals surface area contributed by atoms with Crippen molar-refractivity contribution in [1.29, 1.82) is 0 Å². The first-order valence-corrected chi connectivity index (χ1v) is 6.65. The zero-order chi connectivity index (χ0) is 14.5. The number of hydrogen-bond donors (Lipinski definition) is 1. The SMILES string of the molecule is Cc1ncccc1Oc1ccc(Br)cc1/C=C/C(=O)O. The van der Waals surface area contributed by atoms with E-state index in [4.69, 9.17) is 9.84 Å². The Morgan fingerprint density at radius 3 is 2.85 bits per heavy atom. The topological polar surface area (TPSA) is 59.4 Å². The molecule has 0 aliphatic heterocycles. The Kier molecular flexibility index (Phi) is 4.53. The summed E-state index contributed by atoms with van der Waals surface area (Å²) in [6, 6.07) is 9.00. The molecule has 1 aromatic heterocycles. The lowest BCUT2D eigenvalue weighted by Gasteiger charge is -2.10. The fourth-order valence-electron chi connectivity index (χ4n) is 1.60. The van der Waals surface area contributed by atoms with E-state index in [9.17, 15) is 4.79 Å². The predicted molar refractivity (Wildman–Crippen MR) is 79.9 cm³/mol. The molecule has 5 heteroatoms. The van der Waals surface area contributed by atoms with Crippen molar-refractivity contribution >= 4 is 28.0 Å². The van der Waals surface area contributed by atoms with E-state index in [2.05, 4.69) is 20.9 Å². The van der Waals surface area contributed by atoms with Gasteiger partial charge in [0.25, 0.3) is 0 Å². The third kappa shape index (κ3) is 3.68. The Labute approximate surface area is 124 Å². The lowest BCUT2D eigenvalue weighted by Crippen LogP contribution is -1.92. The van der Waals surface area contributed by atoms with E-state index in [0.29, 0.717) is 17.1 Å². The zero-order valence-electron chi connectivity index (χ0n) is 10.7. The number of rotatable bonds is 4. The van der Waals surface area contributed by atoms with Gasteiger partial charge in [-0.15, -0.1) is 0 Å². The monoisotopic (exact) mass is 333 g/mol. The van der Waals surface area contributed by atoms with E-state index in [1.54, 1.807) is 24.4 Å². The smallest absolute Gasteiger partial charge is 0.328 e. The number of carbonyl (C=O) groups is 1. The fraction of sp³-hybridized carbons (Fsp3) is 0.0667. The fourth-order valence-corrected chi connectivity index (χ4v) is 1.98. The number of carboxylic acids is 1. The summed E-state index contributed by atoms with van der Waals surface area (Å²) in [6.45, 7) is 1.85. The number of pyridine rings is 1. The third-order valence-electron chi connectivity index (χ3n) is 2.56. The molecule has 102 valence electrons. The van der Waals surface area contributed by atoms with Gasteiger partial charge >= 0.3 is 5.97 Å². The first-order valence-electron chi connectivity index (χ1n) is 5.86. The van der Waals surface area contributed by atoms with Gasteiger partial charge in [-0.05, 0) is 43.3 Å². The molecule has 0 bridgehead atoms. The van der Waals surface area contributed by atoms with E-state index in [0.717, 1.165) is 16.2 Å². The Morgan fingerprint density at radius 1 is 1.35 bits per heavy atom. The summed E-state index contributed by atoms with van der Waals surface area (Å²) in [5.41, 5.74) is 1.44. The number of carboxylic acid groups (broad SMARTS) is 1. The quantitative estimate of drug-likeness (QED) is 0.857. The number of halogens is 1. The van der Waals surface area contributed by atoms with E-state index in [-0.39, 0.29) is 0 Å². The van der Waals surface area contributed by atoms with Crippen LogP contribution in [0.25, 0.3) is 6.08 Å². The van der Waals surface area contributed by atoms with Crippen LogP contribution in [0.4, 0.5) is 0 Å². The molecule has 0 amide bonds. The second-order valence-electron chi connectivity index (χ2n) is 4.04. The molecule has 2 rings (SSSR count). The van der Waals surface area contributed by atoms with Crippen molar-refractivity contribution in [3.05, 3.63) is 58.3 Å². The van der Waals surface area contributed by atoms with Gasteiger partial charge in [0.2, 0.25) is 0 Å². The van der Waals surface area contributed by atoms with Crippen LogP contribution in [0.1, 0.15) is 11.3 Å². The molecule has 0 saturated heterocycles. The molecular weight excluding hydrogens is 322 g/mol. The van der Waals surface area contributed by atoms with E-state index >= 15 is 0 Å². The van der Waals surface area contributed by atoms with Crippen molar-refractivity contribution < 1.29 is 14.6 Å². The molecule has 0 atom stereocenters. The number of ether oxygens (including phenoxy) is 1. The molecule has 2 aromatic rings. The van der Waals surface area contributed by atoms with E-state index < -0.39 is 5.97 Å². The van der Waals surface area contributed by atoms with Gasteiger partial charge in [-0.1, -0.05) is 15.9 Å². The molecule has 20 heavy (non-hydrogen) atoms. The lowest BCUT2D eigenvalue weighted by atomic mass is 10.2. The molecule has 4 nitrogen and oxygen atoms in total. The first kappa shape index (κ1) is 14.3. The van der Waals surface area contributed by atoms with Gasteiger partial charge in [0.15, 0.2) is 0 Å². The van der Waals surface area contributed by atoms with Crippen LogP contribution in [0.15, 0.2) is 47.1 Å². The minimum Gasteiger partial charge on any atom is -0.478 e. The number of aromatic nitrogens is 1. The second-order valence-corrected chi connectivity index (χ2v) is 4.96. The maximum atomic E-state index is 10.6. The minimum absolute atomic E-state index is 0.571. The van der Waals surface area contributed by atoms with Crippen molar-refractivity contribution in [2.75, 3.05) is 0 Å². The highest BCUT2D eigenvalue weighted by Crippen LogP contribution is 2.30. The van der Waals surface area contributed by atoms with Gasteiger partial charge in [-0.3, -0.25) is 4.98 Å². The van der Waals surface area contributed by atoms with Crippen molar-refractivity contribution in [3.63, 3.8) is 0 Å². The molecule has 0 unspecified atom stereocenters. The summed E-state index contributed by atoms with van der Waals surface area (Å²) in [7, 11) is 0. The summed E-state index contributed by atoms with van der Waals surface area (Å²) >= 11 is 3.35. The van der Waals surface area contributed by atoms with Crippen molar-refractivity contribution in [2.24, 2.45) is 0 Å². The largest absolute Gasteiger partial charge is 0.478 e. The van der Waals surface area contributed by atoms with Gasteiger partial charge in [0, 0.05) is 22.3 Å². The van der Waals surface area contributed by atoms with Gasteiger partial charge < -0.3 is 9.84 Å². The standard InChI is InChI=1S/C15H12BrNO3/c1-10-13(3-2-8-17-10)20-14-6-5-12(16)9-11(14)4-7-15(18)19/h2-9H,1H3,(H,18,19)/b7-4+. The number of benzene rings is 1. The van der Waals surface area contributed by atoms with Crippen LogP contribution in [0.5, 0.6) is 11.5 Å². The molecule has 0 saturated carbocycles. The Morgan fingerprint density at radius 2 is 2.15 bits per heavy atom. The highest BCUT2D eigenvalue weighted by atomic mass is 79.9. The third-order valence-corrected chi connectivity index (χ3v) is 3.05. The molecule has 0 aliphatic carbocycles. The van der Waals surface area contributed by atoms with Crippen LogP contribution < -0.4 is 4.74 Å². The zero-order valence-corrected chi connectivity index (χ0v) is 12.3. The molecule has 0 spiro atoms. The average Bonchev–Trinajstić information content (AvgIpc) is 2.41. The molecule has 1 heterocycles. The highest BCUT2D eigenvalue weighted by Gasteiger charge is 2.06. The Bertz CT molecular complexity index is 668. The maximum Gasteiger partial charge on any atom is 0.328 e. The molecule has 0 fully saturated rings. The minimum atomic E-state index is -1.01. The second kappa shape index (κ2) is 6.34. The van der Waals surface area contributed by atoms with Crippen molar-refractivity contribution in [3.8, 4) is 11.5 Å². The Hall–Kier alpha value is -2.14. The van der Waals surface area contributed by atoms with Crippen LogP contribution in [-0.4, -0.2) is 16.1 Å². The van der Waals surface area contributed by atoms with Gasteiger partial charge in [-0.2, -0.15) is 0 Å². The number of nitrogens with zero attached hydrogens (tertiary/aromatic N) is 1. The summed E-state index contributed by atoms with van der Waals surface area (Å²) in [6.07, 6.45) is 4.26. The lowest BCUT2D eigenvalue weighted by molar-refractivity contribution is -0.131. The average molecular weight is 334 g/mol.